The zero-order valence-electron chi connectivity index (χ0n) is 16.0. The van der Waals surface area contributed by atoms with E-state index in [9.17, 15) is 14.3 Å². The van der Waals surface area contributed by atoms with Gasteiger partial charge in [0.2, 0.25) is 6.23 Å². The molecule has 2 aromatic carbocycles. The molecular formula is C22H26FNO4. The Morgan fingerprint density at radius 3 is 2.50 bits per heavy atom. The first-order valence-corrected chi connectivity index (χ1v) is 9.62. The molecule has 1 heterocycles. The van der Waals surface area contributed by atoms with Gasteiger partial charge in [-0.1, -0.05) is 36.4 Å². The predicted octanol–water partition coefficient (Wildman–Crippen LogP) is 3.92. The van der Waals surface area contributed by atoms with Crippen LogP contribution in [0.4, 0.5) is 4.39 Å². The maximum Gasteiger partial charge on any atom is 0.348 e. The van der Waals surface area contributed by atoms with Gasteiger partial charge in [0, 0.05) is 19.7 Å². The molecular weight excluding hydrogens is 361 g/mol. The fourth-order valence-electron chi connectivity index (χ4n) is 3.53. The molecule has 0 saturated carbocycles. The minimum absolute atomic E-state index is 0.0774. The first kappa shape index (κ1) is 20.5. The zero-order valence-corrected chi connectivity index (χ0v) is 16.0. The highest BCUT2D eigenvalue weighted by molar-refractivity contribution is 5.71. The zero-order chi connectivity index (χ0) is 19.9. The summed E-state index contributed by atoms with van der Waals surface area (Å²) in [5.74, 6) is -1.20. The molecule has 0 aromatic heterocycles. The molecule has 1 unspecified atom stereocenters. The number of benzene rings is 2. The minimum atomic E-state index is -0.950. The normalized spacial score (nSPS) is 16.8. The number of nitrogens with zero attached hydrogens (tertiary/aromatic N) is 1. The van der Waals surface area contributed by atoms with Crippen molar-refractivity contribution in [1.29, 1.82) is 0 Å². The molecule has 1 aliphatic rings. The van der Waals surface area contributed by atoms with Gasteiger partial charge in [0.05, 0.1) is 12.7 Å². The second kappa shape index (κ2) is 9.78. The van der Waals surface area contributed by atoms with E-state index in [4.69, 9.17) is 9.47 Å². The van der Waals surface area contributed by atoms with E-state index in [1.165, 1.54) is 12.1 Å². The Bertz CT molecular complexity index is 772. The van der Waals surface area contributed by atoms with Crippen LogP contribution < -0.4 is 0 Å². The summed E-state index contributed by atoms with van der Waals surface area (Å²) in [6.45, 7) is 3.88. The molecule has 5 nitrogen and oxygen atoms in total. The van der Waals surface area contributed by atoms with Crippen LogP contribution in [0.1, 0.15) is 25.3 Å². The lowest BCUT2D eigenvalue weighted by Crippen LogP contribution is -2.48. The van der Waals surface area contributed by atoms with Crippen molar-refractivity contribution in [3.05, 3.63) is 59.9 Å². The predicted molar refractivity (Wildman–Crippen MR) is 104 cm³/mol. The van der Waals surface area contributed by atoms with Gasteiger partial charge in [-0.3, -0.25) is 4.90 Å². The number of hydrogen-bond donors (Lipinski definition) is 1. The molecule has 2 aromatic rings. The van der Waals surface area contributed by atoms with Crippen molar-refractivity contribution in [1.82, 2.24) is 4.90 Å². The van der Waals surface area contributed by atoms with Crippen LogP contribution in [0.5, 0.6) is 0 Å². The van der Waals surface area contributed by atoms with Crippen molar-refractivity contribution in [2.75, 3.05) is 19.7 Å². The van der Waals surface area contributed by atoms with Crippen LogP contribution in [-0.4, -0.2) is 48.0 Å². The van der Waals surface area contributed by atoms with Crippen molar-refractivity contribution in [3.63, 3.8) is 0 Å². The first-order valence-electron chi connectivity index (χ1n) is 9.62. The van der Waals surface area contributed by atoms with Crippen LogP contribution >= 0.6 is 0 Å². The Morgan fingerprint density at radius 1 is 1.18 bits per heavy atom. The number of carboxylic acids is 1. The number of likely N-dealkylation sites (tertiary alicyclic amines) is 1. The topological polar surface area (TPSA) is 59.0 Å². The van der Waals surface area contributed by atoms with E-state index in [0.29, 0.717) is 26.3 Å². The molecule has 1 atom stereocenters. The summed E-state index contributed by atoms with van der Waals surface area (Å²) in [7, 11) is 0. The fourth-order valence-corrected chi connectivity index (χ4v) is 3.53. The third-order valence-corrected chi connectivity index (χ3v) is 4.99. The van der Waals surface area contributed by atoms with Crippen molar-refractivity contribution < 1.29 is 23.8 Å². The monoisotopic (exact) mass is 387 g/mol. The third-order valence-electron chi connectivity index (χ3n) is 4.99. The third kappa shape index (κ3) is 5.16. The van der Waals surface area contributed by atoms with Gasteiger partial charge in [0.15, 0.2) is 0 Å². The smallest absolute Gasteiger partial charge is 0.348 e. The van der Waals surface area contributed by atoms with E-state index in [1.807, 2.05) is 29.2 Å². The van der Waals surface area contributed by atoms with Crippen LogP contribution in [-0.2, 0) is 20.9 Å². The molecule has 3 rings (SSSR count). The maximum absolute atomic E-state index is 13.2. The minimum Gasteiger partial charge on any atom is -0.478 e. The Balaban J connectivity index is 1.58. The summed E-state index contributed by atoms with van der Waals surface area (Å²) in [6, 6.07) is 14.4. The summed E-state index contributed by atoms with van der Waals surface area (Å²) in [4.78, 5) is 13.2. The van der Waals surface area contributed by atoms with Gasteiger partial charge in [-0.25, -0.2) is 9.18 Å². The first-order chi connectivity index (χ1) is 13.6. The van der Waals surface area contributed by atoms with E-state index in [2.05, 4.69) is 0 Å². The molecule has 0 aliphatic carbocycles. The van der Waals surface area contributed by atoms with Gasteiger partial charge in [0.25, 0.3) is 0 Å². The molecule has 0 radical (unpaired) electrons. The van der Waals surface area contributed by atoms with E-state index >= 15 is 0 Å². The highest BCUT2D eigenvalue weighted by Crippen LogP contribution is 2.26. The lowest BCUT2D eigenvalue weighted by atomic mass is 10.00. The highest BCUT2D eigenvalue weighted by Gasteiger charge is 2.30. The molecule has 0 amide bonds. The quantitative estimate of drug-likeness (QED) is 0.744. The Morgan fingerprint density at radius 2 is 1.86 bits per heavy atom. The van der Waals surface area contributed by atoms with E-state index in [0.717, 1.165) is 29.5 Å². The van der Waals surface area contributed by atoms with E-state index in [-0.39, 0.29) is 11.9 Å². The number of rotatable bonds is 8. The van der Waals surface area contributed by atoms with Crippen molar-refractivity contribution in [2.45, 2.75) is 38.7 Å². The maximum atomic E-state index is 13.2. The molecule has 1 N–H and O–H groups in total. The number of aliphatic carboxylic acids is 1. The second-order valence-electron chi connectivity index (χ2n) is 6.86. The van der Waals surface area contributed by atoms with Crippen molar-refractivity contribution in [3.8, 4) is 11.1 Å². The summed E-state index contributed by atoms with van der Waals surface area (Å²) in [5, 5.41) is 9.31. The van der Waals surface area contributed by atoms with Crippen molar-refractivity contribution in [2.24, 2.45) is 0 Å². The van der Waals surface area contributed by atoms with Crippen LogP contribution in [0.3, 0.4) is 0 Å². The highest BCUT2D eigenvalue weighted by atomic mass is 19.1. The summed E-state index contributed by atoms with van der Waals surface area (Å²) in [5.41, 5.74) is 3.04. The molecule has 0 spiro atoms. The number of piperidine rings is 1. The number of halogens is 1. The largest absolute Gasteiger partial charge is 0.478 e. The number of ether oxygens (including phenoxy) is 2. The van der Waals surface area contributed by atoms with Gasteiger partial charge in [-0.05, 0) is 48.6 Å². The molecule has 1 fully saturated rings. The summed E-state index contributed by atoms with van der Waals surface area (Å²) >= 11 is 0. The lowest BCUT2D eigenvalue weighted by Gasteiger charge is -2.35. The number of carbonyl (C=O) groups is 1. The average Bonchev–Trinajstić information content (AvgIpc) is 2.72. The summed E-state index contributed by atoms with van der Waals surface area (Å²) < 4.78 is 24.7. The second-order valence-corrected chi connectivity index (χ2v) is 6.86. The van der Waals surface area contributed by atoms with Crippen LogP contribution in [0.25, 0.3) is 11.1 Å². The number of hydrogen-bond acceptors (Lipinski definition) is 4. The summed E-state index contributed by atoms with van der Waals surface area (Å²) in [6.07, 6.45) is 0.712. The molecule has 6 heteroatoms. The van der Waals surface area contributed by atoms with Gasteiger partial charge < -0.3 is 14.6 Å². The molecule has 0 bridgehead atoms. The number of carboxylic acid groups (broad SMARTS) is 1. The van der Waals surface area contributed by atoms with Gasteiger partial charge in [-0.15, -0.1) is 0 Å². The lowest BCUT2D eigenvalue weighted by molar-refractivity contribution is -0.167. The van der Waals surface area contributed by atoms with Crippen molar-refractivity contribution >= 4 is 5.97 Å². The fraction of sp³-hybridized carbons (Fsp3) is 0.409. The van der Waals surface area contributed by atoms with E-state index < -0.39 is 12.2 Å². The Hall–Kier alpha value is -2.28. The van der Waals surface area contributed by atoms with Crippen LogP contribution in [0.2, 0.25) is 0 Å². The molecule has 28 heavy (non-hydrogen) atoms. The molecule has 150 valence electrons. The van der Waals surface area contributed by atoms with Gasteiger partial charge in [-0.2, -0.15) is 0 Å². The molecule has 1 saturated heterocycles. The SMILES string of the molecule is CCOC(C(=O)O)N1CCC(OCc2ccccc2-c2ccc(F)cc2)CC1. The molecule has 1 aliphatic heterocycles. The Labute approximate surface area is 164 Å². The van der Waals surface area contributed by atoms with Crippen LogP contribution in [0, 0.1) is 5.82 Å². The average molecular weight is 387 g/mol. The van der Waals surface area contributed by atoms with Gasteiger partial charge >= 0.3 is 5.97 Å². The standard InChI is InChI=1S/C22H26FNO4/c1-2-27-21(22(25)26)24-13-11-19(12-14-24)28-15-17-5-3-4-6-20(17)16-7-9-18(23)10-8-16/h3-10,19,21H,2,11-15H2,1H3,(H,25,26). The van der Waals surface area contributed by atoms with E-state index in [1.54, 1.807) is 19.1 Å². The Kier molecular flexibility index (Phi) is 7.14. The van der Waals surface area contributed by atoms with Gasteiger partial charge in [0.1, 0.15) is 5.82 Å². The van der Waals surface area contributed by atoms with Crippen LogP contribution in [0.15, 0.2) is 48.5 Å².